The Kier molecular flexibility index (Phi) is 10.2. The fourth-order valence-corrected chi connectivity index (χ4v) is 5.49. The van der Waals surface area contributed by atoms with Gasteiger partial charge in [-0.1, -0.05) is 31.6 Å². The summed E-state index contributed by atoms with van der Waals surface area (Å²) in [6.07, 6.45) is 2.25. The first kappa shape index (κ1) is 32.0. The van der Waals surface area contributed by atoms with E-state index in [2.05, 4.69) is 15.2 Å². The molecule has 1 fully saturated rings. The third kappa shape index (κ3) is 8.76. The van der Waals surface area contributed by atoms with Crippen molar-refractivity contribution >= 4 is 37.0 Å². The van der Waals surface area contributed by atoms with Gasteiger partial charge in [0.2, 0.25) is 23.6 Å². The highest BCUT2D eigenvalue weighted by Crippen LogP contribution is 2.49. The van der Waals surface area contributed by atoms with Crippen LogP contribution in [-0.2, 0) is 23.7 Å². The van der Waals surface area contributed by atoms with Crippen molar-refractivity contribution in [2.24, 2.45) is 17.6 Å². The van der Waals surface area contributed by atoms with Crippen molar-refractivity contribution < 1.29 is 38.1 Å². The van der Waals surface area contributed by atoms with E-state index in [9.17, 15) is 23.7 Å². The van der Waals surface area contributed by atoms with Crippen molar-refractivity contribution in [1.29, 1.82) is 0 Å². The highest BCUT2D eigenvalue weighted by molar-refractivity contribution is 7.46. The second-order valence-electron chi connectivity index (χ2n) is 11.1. The number of hydrogen-bond donors (Lipinski definition) is 5. The van der Waals surface area contributed by atoms with Gasteiger partial charge < -0.3 is 25.8 Å². The molecule has 41 heavy (non-hydrogen) atoms. The third-order valence-corrected chi connectivity index (χ3v) is 7.67. The Morgan fingerprint density at radius 3 is 2.34 bits per heavy atom. The Hall–Kier alpha value is -3.47. The van der Waals surface area contributed by atoms with Gasteiger partial charge in [-0.25, -0.2) is 4.57 Å². The minimum Gasteiger partial charge on any atom is -0.404 e. The summed E-state index contributed by atoms with van der Waals surface area (Å²) in [6, 6.07) is 4.00. The van der Waals surface area contributed by atoms with Gasteiger partial charge in [0.05, 0.1) is 0 Å². The van der Waals surface area contributed by atoms with E-state index in [-0.39, 0.29) is 41.9 Å². The Morgan fingerprint density at radius 1 is 1.15 bits per heavy atom. The molecule has 1 aliphatic carbocycles. The van der Waals surface area contributed by atoms with Crippen molar-refractivity contribution in [1.82, 2.24) is 15.5 Å². The van der Waals surface area contributed by atoms with Crippen LogP contribution in [0.5, 0.6) is 5.75 Å². The molecule has 1 saturated heterocycles. The van der Waals surface area contributed by atoms with E-state index in [1.807, 2.05) is 20.8 Å². The Balaban J connectivity index is 1.72. The molecule has 1 aliphatic heterocycles. The molecule has 2 aliphatic rings. The lowest BCUT2D eigenvalue weighted by Crippen LogP contribution is -2.56. The maximum Gasteiger partial charge on any atom is 0.524 e. The van der Waals surface area contributed by atoms with Gasteiger partial charge in [-0.05, 0) is 68.4 Å². The number of nitrogens with two attached hydrogens (primary N) is 1. The van der Waals surface area contributed by atoms with Gasteiger partial charge in [-0.3, -0.25) is 29.0 Å². The average molecular weight is 591 g/mol. The van der Waals surface area contributed by atoms with Crippen molar-refractivity contribution in [2.45, 2.75) is 72.0 Å². The molecule has 0 spiro atoms. The van der Waals surface area contributed by atoms with E-state index in [4.69, 9.17) is 15.5 Å². The van der Waals surface area contributed by atoms with Gasteiger partial charge in [-0.15, -0.1) is 0 Å². The predicted octanol–water partition coefficient (Wildman–Crippen LogP) is 2.02. The highest BCUT2D eigenvalue weighted by atomic mass is 31.2. The molecule has 0 bridgehead atoms. The molecule has 0 unspecified atom stereocenters. The lowest BCUT2D eigenvalue weighted by atomic mass is 10.0. The summed E-state index contributed by atoms with van der Waals surface area (Å²) in [6.45, 7) is 9.63. The largest absolute Gasteiger partial charge is 0.524 e. The SMILES string of the molecule is CC1=C2CN(C(=O)[C@H](CC(C)C)NC(=O)/C=C(\C)c3ccc(OP(=O)(O)O)cc3)[C@H](C(=O)N[C@H](C)CCC(N)=O)[C@H]12. The monoisotopic (exact) mass is 590 g/mol. The number of nitrogens with one attached hydrogen (secondary N) is 2. The van der Waals surface area contributed by atoms with Gasteiger partial charge >= 0.3 is 7.82 Å². The van der Waals surface area contributed by atoms with E-state index < -0.39 is 31.7 Å². The molecule has 0 radical (unpaired) electrons. The quantitative estimate of drug-likeness (QED) is 0.131. The summed E-state index contributed by atoms with van der Waals surface area (Å²) in [5.74, 6) is -1.63. The first-order valence-corrected chi connectivity index (χ1v) is 15.0. The zero-order chi connectivity index (χ0) is 30.6. The highest BCUT2D eigenvalue weighted by Gasteiger charge is 2.54. The number of hydrogen-bond acceptors (Lipinski definition) is 6. The summed E-state index contributed by atoms with van der Waals surface area (Å²) in [5, 5.41) is 5.71. The molecule has 6 N–H and O–H groups in total. The van der Waals surface area contributed by atoms with Crippen LogP contribution in [0.25, 0.3) is 5.57 Å². The fraction of sp³-hybridized carbons (Fsp3) is 0.500. The van der Waals surface area contributed by atoms with Gasteiger partial charge in [0.15, 0.2) is 0 Å². The van der Waals surface area contributed by atoms with E-state index in [0.29, 0.717) is 30.5 Å². The third-order valence-electron chi connectivity index (χ3n) is 7.22. The number of primary amides is 1. The van der Waals surface area contributed by atoms with Crippen molar-refractivity contribution in [3.8, 4) is 5.75 Å². The van der Waals surface area contributed by atoms with E-state index in [1.54, 1.807) is 26.0 Å². The zero-order valence-corrected chi connectivity index (χ0v) is 24.8. The van der Waals surface area contributed by atoms with E-state index in [1.165, 1.54) is 23.1 Å². The van der Waals surface area contributed by atoms with Gasteiger partial charge in [0, 0.05) is 31.0 Å². The molecule has 4 atom stereocenters. The number of carbonyl (C=O) groups excluding carboxylic acids is 4. The first-order valence-electron chi connectivity index (χ1n) is 13.5. The molecule has 4 amide bonds. The molecule has 224 valence electrons. The number of carbonyl (C=O) groups is 4. The number of likely N-dealkylation sites (tertiary alicyclic amines) is 1. The van der Waals surface area contributed by atoms with Crippen LogP contribution in [-0.4, -0.2) is 63.0 Å². The van der Waals surface area contributed by atoms with Crippen LogP contribution in [0.4, 0.5) is 0 Å². The summed E-state index contributed by atoms with van der Waals surface area (Å²) < 4.78 is 15.6. The minimum absolute atomic E-state index is 0.0169. The topological polar surface area (TPSA) is 188 Å². The van der Waals surface area contributed by atoms with Crippen LogP contribution in [0.15, 0.2) is 41.5 Å². The Labute approximate surface area is 239 Å². The van der Waals surface area contributed by atoms with Crippen LogP contribution in [0.3, 0.4) is 0 Å². The number of nitrogens with zero attached hydrogens (tertiary/aromatic N) is 1. The van der Waals surface area contributed by atoms with Crippen LogP contribution < -0.4 is 20.9 Å². The van der Waals surface area contributed by atoms with E-state index >= 15 is 0 Å². The van der Waals surface area contributed by atoms with Crippen LogP contribution in [0, 0.1) is 11.8 Å². The predicted molar refractivity (Wildman–Crippen MR) is 152 cm³/mol. The summed E-state index contributed by atoms with van der Waals surface area (Å²) >= 11 is 0. The second-order valence-corrected chi connectivity index (χ2v) is 12.3. The lowest BCUT2D eigenvalue weighted by Gasteiger charge is -2.31. The van der Waals surface area contributed by atoms with Crippen LogP contribution in [0.2, 0.25) is 0 Å². The molecule has 13 heteroatoms. The molecule has 3 rings (SSSR count). The molecular formula is C28H39N4O8P. The number of rotatable bonds is 13. The molecule has 1 heterocycles. The lowest BCUT2D eigenvalue weighted by molar-refractivity contribution is -0.142. The smallest absolute Gasteiger partial charge is 0.404 e. The Morgan fingerprint density at radius 2 is 1.78 bits per heavy atom. The normalized spacial score (nSPS) is 19.9. The van der Waals surface area contributed by atoms with Crippen molar-refractivity contribution in [3.05, 3.63) is 47.1 Å². The van der Waals surface area contributed by atoms with Crippen LogP contribution in [0.1, 0.15) is 59.4 Å². The molecule has 1 aromatic carbocycles. The second kappa shape index (κ2) is 13.0. The maximum absolute atomic E-state index is 13.8. The minimum atomic E-state index is -4.68. The number of fused-ring (bicyclic) bond motifs is 1. The number of amides is 4. The molecule has 0 aromatic heterocycles. The first-order chi connectivity index (χ1) is 19.1. The summed E-state index contributed by atoms with van der Waals surface area (Å²) in [5.41, 5.74) is 8.56. The number of phosphoric ester groups is 1. The van der Waals surface area contributed by atoms with Gasteiger partial charge in [0.25, 0.3) is 0 Å². The number of phosphoric acid groups is 1. The van der Waals surface area contributed by atoms with Gasteiger partial charge in [-0.2, -0.15) is 0 Å². The van der Waals surface area contributed by atoms with Gasteiger partial charge in [0.1, 0.15) is 17.8 Å². The molecule has 12 nitrogen and oxygen atoms in total. The average Bonchev–Trinajstić information content (AvgIpc) is 3.29. The van der Waals surface area contributed by atoms with E-state index in [0.717, 1.165) is 11.1 Å². The number of benzene rings is 1. The summed E-state index contributed by atoms with van der Waals surface area (Å²) in [4.78, 5) is 70.6. The van der Waals surface area contributed by atoms with Crippen molar-refractivity contribution in [2.75, 3.05) is 6.54 Å². The number of allylic oxidation sites excluding steroid dienone is 1. The maximum atomic E-state index is 13.8. The molecular weight excluding hydrogens is 551 g/mol. The fourth-order valence-electron chi connectivity index (χ4n) is 5.10. The Bertz CT molecular complexity index is 1300. The van der Waals surface area contributed by atoms with Crippen molar-refractivity contribution in [3.63, 3.8) is 0 Å². The van der Waals surface area contributed by atoms with Crippen LogP contribution >= 0.6 is 7.82 Å². The zero-order valence-electron chi connectivity index (χ0n) is 23.9. The molecule has 1 aromatic rings. The summed E-state index contributed by atoms with van der Waals surface area (Å²) in [7, 11) is -4.68. The standard InChI is InChI=1S/C28H39N4O8P/c1-15(2)12-22(31-24(34)13-16(3)19-7-9-20(10-8-19)40-41(37,38)39)28(36)32-14-21-18(5)25(21)26(32)27(35)30-17(4)6-11-23(29)33/h7-10,13,15,17,22,25-26H,6,11-12,14H2,1-5H3,(H2,29,33)(H,30,35)(H,31,34)(H2,37,38,39)/b16-13+/t17-,22+,25-,26+/m1/s1. The molecule has 0 saturated carbocycles.